The first-order valence-electron chi connectivity index (χ1n) is 12.2. The molecule has 0 radical (unpaired) electrons. The van der Waals surface area contributed by atoms with Crippen LogP contribution in [0.2, 0.25) is 0 Å². The molecular formula is C29H32N4O4. The fourth-order valence-electron chi connectivity index (χ4n) is 4.24. The van der Waals surface area contributed by atoms with E-state index in [1.807, 2.05) is 59.5 Å². The number of methoxy groups -OCH3 is 2. The van der Waals surface area contributed by atoms with Gasteiger partial charge in [-0.3, -0.25) is 4.90 Å². The summed E-state index contributed by atoms with van der Waals surface area (Å²) in [5.74, 6) is 1.48. The number of nitriles is 1. The van der Waals surface area contributed by atoms with E-state index in [0.29, 0.717) is 43.2 Å². The topological polar surface area (TPSA) is 87.1 Å². The second kappa shape index (κ2) is 12.8. The van der Waals surface area contributed by atoms with E-state index in [4.69, 9.17) is 19.5 Å². The lowest BCUT2D eigenvalue weighted by Crippen LogP contribution is -2.50. The number of nitrogens with zero attached hydrogens (tertiary/aromatic N) is 3. The summed E-state index contributed by atoms with van der Waals surface area (Å²) in [6.07, 6.45) is -0.178. The van der Waals surface area contributed by atoms with Crippen LogP contribution >= 0.6 is 0 Å². The molecule has 1 atom stereocenters. The fourth-order valence-corrected chi connectivity index (χ4v) is 4.24. The van der Waals surface area contributed by atoms with Crippen molar-refractivity contribution in [3.63, 3.8) is 0 Å². The van der Waals surface area contributed by atoms with Crippen LogP contribution in [0.25, 0.3) is 0 Å². The van der Waals surface area contributed by atoms with E-state index in [0.717, 1.165) is 30.0 Å². The normalized spacial score (nSPS) is 14.5. The molecule has 1 N–H and O–H groups in total. The highest BCUT2D eigenvalue weighted by Crippen LogP contribution is 2.25. The van der Waals surface area contributed by atoms with E-state index in [-0.39, 0.29) is 12.1 Å². The molecule has 1 aliphatic heterocycles. The number of benzene rings is 3. The van der Waals surface area contributed by atoms with Crippen molar-refractivity contribution in [1.82, 2.24) is 9.80 Å². The molecule has 8 nitrogen and oxygen atoms in total. The summed E-state index contributed by atoms with van der Waals surface area (Å²) in [7, 11) is 3.26. The monoisotopic (exact) mass is 500 g/mol. The molecule has 8 heteroatoms. The van der Waals surface area contributed by atoms with Crippen LogP contribution in [0, 0.1) is 11.3 Å². The number of rotatable bonds is 9. The van der Waals surface area contributed by atoms with E-state index < -0.39 is 0 Å². The summed E-state index contributed by atoms with van der Waals surface area (Å²) in [6, 6.07) is 24.7. The van der Waals surface area contributed by atoms with Crippen molar-refractivity contribution in [3.8, 4) is 17.6 Å². The van der Waals surface area contributed by atoms with Gasteiger partial charge in [-0.2, -0.15) is 5.26 Å². The third-order valence-corrected chi connectivity index (χ3v) is 6.40. The Kier molecular flexibility index (Phi) is 8.98. The largest absolute Gasteiger partial charge is 0.497 e. The van der Waals surface area contributed by atoms with Crippen LogP contribution in [-0.4, -0.2) is 62.8 Å². The molecule has 37 heavy (non-hydrogen) atoms. The number of hydrogen-bond acceptors (Lipinski definition) is 6. The Bertz CT molecular complexity index is 1220. The van der Waals surface area contributed by atoms with Gasteiger partial charge >= 0.3 is 6.03 Å². The molecule has 3 aromatic carbocycles. The predicted molar refractivity (Wildman–Crippen MR) is 142 cm³/mol. The summed E-state index contributed by atoms with van der Waals surface area (Å²) in [4.78, 5) is 16.9. The number of carbonyl (C=O) groups is 1. The van der Waals surface area contributed by atoms with Crippen molar-refractivity contribution in [2.24, 2.45) is 0 Å². The third-order valence-electron chi connectivity index (χ3n) is 6.40. The highest BCUT2D eigenvalue weighted by molar-refractivity contribution is 5.89. The van der Waals surface area contributed by atoms with Gasteiger partial charge in [0.05, 0.1) is 38.6 Å². The maximum absolute atomic E-state index is 12.8. The van der Waals surface area contributed by atoms with Crippen molar-refractivity contribution in [3.05, 3.63) is 89.5 Å². The van der Waals surface area contributed by atoms with Gasteiger partial charge in [0.15, 0.2) is 0 Å². The SMILES string of the molecule is COc1cccc(NC(=O)N2CCN(CC(OCc3ccc(C#N)cc3)c3cccc(OC)c3)CC2)c1. The van der Waals surface area contributed by atoms with Crippen LogP contribution in [0.4, 0.5) is 10.5 Å². The molecule has 3 aromatic rings. The zero-order chi connectivity index (χ0) is 26.0. The second-order valence-electron chi connectivity index (χ2n) is 8.83. The average Bonchev–Trinajstić information content (AvgIpc) is 2.96. The van der Waals surface area contributed by atoms with Gasteiger partial charge in [0.1, 0.15) is 11.5 Å². The molecule has 1 heterocycles. The summed E-state index contributed by atoms with van der Waals surface area (Å²) >= 11 is 0. The first-order chi connectivity index (χ1) is 18.1. The molecule has 1 fully saturated rings. The molecule has 0 bridgehead atoms. The fraction of sp³-hybridized carbons (Fsp3) is 0.310. The average molecular weight is 501 g/mol. The van der Waals surface area contributed by atoms with E-state index in [2.05, 4.69) is 16.3 Å². The number of hydrogen-bond donors (Lipinski definition) is 1. The first-order valence-corrected chi connectivity index (χ1v) is 12.2. The lowest BCUT2D eigenvalue weighted by molar-refractivity contribution is 0.00584. The number of ether oxygens (including phenoxy) is 3. The lowest BCUT2D eigenvalue weighted by atomic mass is 10.1. The Morgan fingerprint density at radius 2 is 1.62 bits per heavy atom. The number of urea groups is 1. The van der Waals surface area contributed by atoms with Crippen molar-refractivity contribution in [2.75, 3.05) is 52.3 Å². The Labute approximate surface area is 218 Å². The van der Waals surface area contributed by atoms with Crippen LogP contribution in [0.3, 0.4) is 0 Å². The van der Waals surface area contributed by atoms with Crippen molar-refractivity contribution in [2.45, 2.75) is 12.7 Å². The molecule has 1 unspecified atom stereocenters. The maximum Gasteiger partial charge on any atom is 0.321 e. The Morgan fingerprint density at radius 1 is 0.946 bits per heavy atom. The minimum atomic E-state index is -0.178. The van der Waals surface area contributed by atoms with Gasteiger partial charge in [0, 0.05) is 44.5 Å². The third kappa shape index (κ3) is 7.23. The van der Waals surface area contributed by atoms with Gasteiger partial charge in [-0.25, -0.2) is 4.79 Å². The highest BCUT2D eigenvalue weighted by atomic mass is 16.5. The Balaban J connectivity index is 1.36. The predicted octanol–water partition coefficient (Wildman–Crippen LogP) is 4.68. The Morgan fingerprint density at radius 3 is 2.30 bits per heavy atom. The number of carbonyl (C=O) groups excluding carboxylic acids is 1. The smallest absolute Gasteiger partial charge is 0.321 e. The van der Waals surface area contributed by atoms with Crippen LogP contribution < -0.4 is 14.8 Å². The van der Waals surface area contributed by atoms with Gasteiger partial charge in [-0.15, -0.1) is 0 Å². The molecule has 4 rings (SSSR count). The summed E-state index contributed by atoms with van der Waals surface area (Å²) in [6.45, 7) is 3.84. The highest BCUT2D eigenvalue weighted by Gasteiger charge is 2.24. The molecule has 192 valence electrons. The molecule has 0 spiro atoms. The van der Waals surface area contributed by atoms with Crippen LogP contribution in [0.5, 0.6) is 11.5 Å². The number of nitrogens with one attached hydrogen (secondary N) is 1. The van der Waals surface area contributed by atoms with E-state index in [9.17, 15) is 4.79 Å². The molecule has 1 saturated heterocycles. The van der Waals surface area contributed by atoms with Gasteiger partial charge < -0.3 is 24.4 Å². The quantitative estimate of drug-likeness (QED) is 0.459. The molecular weight excluding hydrogens is 468 g/mol. The molecule has 0 aliphatic carbocycles. The molecule has 2 amide bonds. The standard InChI is InChI=1S/C29H32N4O4/c1-35-26-7-3-5-24(17-26)28(37-21-23-11-9-22(19-30)10-12-23)20-32-13-15-33(16-14-32)29(34)31-25-6-4-8-27(18-25)36-2/h3-12,17-18,28H,13-16,20-21H2,1-2H3,(H,31,34). The van der Waals surface area contributed by atoms with Gasteiger partial charge in [-0.05, 0) is 47.5 Å². The van der Waals surface area contributed by atoms with Gasteiger partial charge in [0.25, 0.3) is 0 Å². The summed E-state index contributed by atoms with van der Waals surface area (Å²) in [5, 5.41) is 12.0. The van der Waals surface area contributed by atoms with E-state index in [1.165, 1.54) is 0 Å². The maximum atomic E-state index is 12.8. The van der Waals surface area contributed by atoms with Crippen molar-refractivity contribution in [1.29, 1.82) is 5.26 Å². The second-order valence-corrected chi connectivity index (χ2v) is 8.83. The van der Waals surface area contributed by atoms with Crippen LogP contribution in [0.1, 0.15) is 22.8 Å². The van der Waals surface area contributed by atoms with E-state index in [1.54, 1.807) is 32.4 Å². The zero-order valence-corrected chi connectivity index (χ0v) is 21.2. The minimum Gasteiger partial charge on any atom is -0.497 e. The number of piperazine rings is 1. The van der Waals surface area contributed by atoms with Crippen LogP contribution in [-0.2, 0) is 11.3 Å². The van der Waals surface area contributed by atoms with Crippen molar-refractivity contribution >= 4 is 11.7 Å². The summed E-state index contributed by atoms with van der Waals surface area (Å²) < 4.78 is 17.0. The lowest BCUT2D eigenvalue weighted by Gasteiger charge is -2.36. The first kappa shape index (κ1) is 26.0. The number of anilines is 1. The van der Waals surface area contributed by atoms with E-state index >= 15 is 0 Å². The van der Waals surface area contributed by atoms with Gasteiger partial charge in [0.2, 0.25) is 0 Å². The van der Waals surface area contributed by atoms with Crippen molar-refractivity contribution < 1.29 is 19.0 Å². The Hall–Kier alpha value is -4.06. The minimum absolute atomic E-state index is 0.116. The number of amides is 2. The molecule has 0 aromatic heterocycles. The zero-order valence-electron chi connectivity index (χ0n) is 21.2. The molecule has 0 saturated carbocycles. The van der Waals surface area contributed by atoms with Crippen LogP contribution in [0.15, 0.2) is 72.8 Å². The van der Waals surface area contributed by atoms with Gasteiger partial charge in [-0.1, -0.05) is 30.3 Å². The molecule has 1 aliphatic rings. The summed E-state index contributed by atoms with van der Waals surface area (Å²) in [5.41, 5.74) is 3.37.